The molecule has 0 spiro atoms. The summed E-state index contributed by atoms with van der Waals surface area (Å²) in [6.07, 6.45) is 0.862. The maximum Gasteiger partial charge on any atom is 0.170 e. The molecule has 3 nitrogen and oxygen atoms in total. The molecular weight excluding hydrogens is 304 g/mol. The minimum absolute atomic E-state index is 0.588. The molecule has 0 heterocycles. The summed E-state index contributed by atoms with van der Waals surface area (Å²) in [5, 5.41) is 7.64. The van der Waals surface area contributed by atoms with Gasteiger partial charge in [0.1, 0.15) is 5.75 Å². The molecule has 0 aliphatic carbocycles. The van der Waals surface area contributed by atoms with Crippen LogP contribution in [0.5, 0.6) is 5.75 Å². The van der Waals surface area contributed by atoms with E-state index in [-0.39, 0.29) is 0 Å². The Kier molecular flexibility index (Phi) is 5.84. The van der Waals surface area contributed by atoms with Crippen LogP contribution in [0.1, 0.15) is 5.56 Å². The van der Waals surface area contributed by atoms with Crippen LogP contribution in [-0.4, -0.2) is 18.8 Å². The van der Waals surface area contributed by atoms with E-state index in [0.717, 1.165) is 29.4 Å². The first kappa shape index (κ1) is 15.6. The Bertz CT molecular complexity index is 619. The van der Waals surface area contributed by atoms with Gasteiger partial charge in [-0.1, -0.05) is 29.8 Å². The lowest BCUT2D eigenvalue weighted by Crippen LogP contribution is -2.30. The van der Waals surface area contributed by atoms with Crippen LogP contribution in [0.3, 0.4) is 0 Å². The number of thiocarbonyl (C=S) groups is 1. The summed E-state index contributed by atoms with van der Waals surface area (Å²) in [6.45, 7) is 0.746. The summed E-state index contributed by atoms with van der Waals surface area (Å²) in [6, 6.07) is 15.5. The molecule has 0 unspecified atom stereocenters. The number of methoxy groups -OCH3 is 1. The number of hydrogen-bond acceptors (Lipinski definition) is 2. The quantitative estimate of drug-likeness (QED) is 0.819. The second kappa shape index (κ2) is 7.86. The average Bonchev–Trinajstić information content (AvgIpc) is 2.47. The Labute approximate surface area is 135 Å². The molecule has 2 aromatic carbocycles. The van der Waals surface area contributed by atoms with E-state index in [4.69, 9.17) is 28.6 Å². The van der Waals surface area contributed by atoms with Gasteiger partial charge in [-0.3, -0.25) is 0 Å². The lowest BCUT2D eigenvalue weighted by atomic mass is 10.1. The van der Waals surface area contributed by atoms with Gasteiger partial charge < -0.3 is 15.4 Å². The van der Waals surface area contributed by atoms with Crippen molar-refractivity contribution in [2.45, 2.75) is 6.42 Å². The van der Waals surface area contributed by atoms with Gasteiger partial charge in [-0.25, -0.2) is 0 Å². The molecule has 0 bridgehead atoms. The number of anilines is 1. The molecule has 2 N–H and O–H groups in total. The Morgan fingerprint density at radius 1 is 1.19 bits per heavy atom. The number of nitrogens with one attached hydrogen (secondary N) is 2. The van der Waals surface area contributed by atoms with E-state index >= 15 is 0 Å². The van der Waals surface area contributed by atoms with Crippen molar-refractivity contribution in [3.63, 3.8) is 0 Å². The van der Waals surface area contributed by atoms with Gasteiger partial charge in [0.05, 0.1) is 7.11 Å². The largest absolute Gasteiger partial charge is 0.497 e. The van der Waals surface area contributed by atoms with Crippen molar-refractivity contribution in [2.24, 2.45) is 0 Å². The van der Waals surface area contributed by atoms with Crippen molar-refractivity contribution >= 4 is 34.6 Å². The van der Waals surface area contributed by atoms with Crippen molar-refractivity contribution in [3.05, 3.63) is 59.1 Å². The molecule has 0 atom stereocenters. The zero-order chi connectivity index (χ0) is 15.1. The molecule has 21 heavy (non-hydrogen) atoms. The van der Waals surface area contributed by atoms with Gasteiger partial charge >= 0.3 is 0 Å². The first-order valence-electron chi connectivity index (χ1n) is 6.61. The third-order valence-corrected chi connectivity index (χ3v) is 3.40. The highest BCUT2D eigenvalue weighted by Crippen LogP contribution is 2.16. The fourth-order valence-electron chi connectivity index (χ4n) is 1.89. The molecular formula is C16H17ClN2OS. The molecule has 0 fully saturated rings. The van der Waals surface area contributed by atoms with Crippen LogP contribution in [-0.2, 0) is 6.42 Å². The molecule has 110 valence electrons. The zero-order valence-corrected chi connectivity index (χ0v) is 13.3. The van der Waals surface area contributed by atoms with Gasteiger partial charge in [-0.05, 0) is 48.5 Å². The van der Waals surface area contributed by atoms with E-state index < -0.39 is 0 Å². The molecule has 0 saturated carbocycles. The molecule has 0 aliphatic rings. The smallest absolute Gasteiger partial charge is 0.170 e. The van der Waals surface area contributed by atoms with Gasteiger partial charge in [-0.15, -0.1) is 0 Å². The van der Waals surface area contributed by atoms with Gasteiger partial charge in [0.2, 0.25) is 0 Å². The first-order valence-corrected chi connectivity index (χ1v) is 7.39. The van der Waals surface area contributed by atoms with Crippen LogP contribution in [0.15, 0.2) is 48.5 Å². The Morgan fingerprint density at radius 3 is 2.76 bits per heavy atom. The normalized spacial score (nSPS) is 10.0. The van der Waals surface area contributed by atoms with Crippen molar-refractivity contribution in [1.29, 1.82) is 0 Å². The van der Waals surface area contributed by atoms with Gasteiger partial charge in [0.25, 0.3) is 0 Å². The highest BCUT2D eigenvalue weighted by atomic mass is 35.5. The molecule has 0 aromatic heterocycles. The summed E-state index contributed by atoms with van der Waals surface area (Å²) in [7, 11) is 1.64. The van der Waals surface area contributed by atoms with Crippen LogP contribution in [0, 0.1) is 0 Å². The fourth-order valence-corrected chi connectivity index (χ4v) is 2.32. The summed E-state index contributed by atoms with van der Waals surface area (Å²) in [5.41, 5.74) is 2.08. The van der Waals surface area contributed by atoms with Crippen molar-refractivity contribution in [1.82, 2.24) is 5.32 Å². The van der Waals surface area contributed by atoms with Crippen LogP contribution < -0.4 is 15.4 Å². The van der Waals surface area contributed by atoms with E-state index in [0.29, 0.717) is 5.11 Å². The first-order chi connectivity index (χ1) is 10.2. The maximum atomic E-state index is 5.95. The number of halogens is 1. The van der Waals surface area contributed by atoms with E-state index in [1.165, 1.54) is 5.56 Å². The number of hydrogen-bond donors (Lipinski definition) is 2. The third-order valence-electron chi connectivity index (χ3n) is 2.92. The van der Waals surface area contributed by atoms with Crippen molar-refractivity contribution in [2.75, 3.05) is 19.0 Å². The zero-order valence-electron chi connectivity index (χ0n) is 11.7. The van der Waals surface area contributed by atoms with Crippen LogP contribution >= 0.6 is 23.8 Å². The molecule has 0 aliphatic heterocycles. The highest BCUT2D eigenvalue weighted by molar-refractivity contribution is 7.80. The predicted octanol–water partition coefficient (Wildman–Crippen LogP) is 3.88. The molecule has 2 rings (SSSR count). The Balaban J connectivity index is 1.79. The molecule has 5 heteroatoms. The van der Waals surface area contributed by atoms with E-state index in [1.54, 1.807) is 7.11 Å². The topological polar surface area (TPSA) is 33.3 Å². The van der Waals surface area contributed by atoms with E-state index in [2.05, 4.69) is 10.6 Å². The minimum Gasteiger partial charge on any atom is -0.497 e. The number of benzene rings is 2. The SMILES string of the molecule is COc1cccc(NC(=S)NCCc2cccc(Cl)c2)c1. The second-order valence-corrected chi connectivity index (χ2v) is 5.34. The van der Waals surface area contributed by atoms with E-state index in [1.807, 2.05) is 48.5 Å². The van der Waals surface area contributed by atoms with Crippen molar-refractivity contribution in [3.8, 4) is 5.75 Å². The van der Waals surface area contributed by atoms with Crippen LogP contribution in [0.25, 0.3) is 0 Å². The monoisotopic (exact) mass is 320 g/mol. The van der Waals surface area contributed by atoms with Crippen LogP contribution in [0.2, 0.25) is 5.02 Å². The summed E-state index contributed by atoms with van der Waals surface area (Å²) >= 11 is 11.2. The minimum atomic E-state index is 0.588. The predicted molar refractivity (Wildman–Crippen MR) is 92.4 cm³/mol. The van der Waals surface area contributed by atoms with Crippen LogP contribution in [0.4, 0.5) is 5.69 Å². The van der Waals surface area contributed by atoms with Gasteiger partial charge in [0.15, 0.2) is 5.11 Å². The van der Waals surface area contributed by atoms with Crippen molar-refractivity contribution < 1.29 is 4.74 Å². The Morgan fingerprint density at radius 2 is 2.00 bits per heavy atom. The Hall–Kier alpha value is -1.78. The van der Waals surface area contributed by atoms with Gasteiger partial charge in [0, 0.05) is 23.3 Å². The lowest BCUT2D eigenvalue weighted by molar-refractivity contribution is 0.415. The summed E-state index contributed by atoms with van der Waals surface area (Å²) in [4.78, 5) is 0. The third kappa shape index (κ3) is 5.25. The fraction of sp³-hybridized carbons (Fsp3) is 0.188. The van der Waals surface area contributed by atoms with E-state index in [9.17, 15) is 0 Å². The molecule has 0 radical (unpaired) electrons. The maximum absolute atomic E-state index is 5.95. The van der Waals surface area contributed by atoms with Gasteiger partial charge in [-0.2, -0.15) is 0 Å². The molecule has 0 saturated heterocycles. The highest BCUT2D eigenvalue weighted by Gasteiger charge is 2.00. The number of rotatable bonds is 5. The summed E-state index contributed by atoms with van der Waals surface area (Å²) < 4.78 is 5.17. The summed E-state index contributed by atoms with van der Waals surface area (Å²) in [5.74, 6) is 0.793. The average molecular weight is 321 g/mol. The lowest BCUT2D eigenvalue weighted by Gasteiger charge is -2.11. The standard InChI is InChI=1S/C16H17ClN2OS/c1-20-15-7-3-6-14(11-15)19-16(21)18-9-8-12-4-2-5-13(17)10-12/h2-7,10-11H,8-9H2,1H3,(H2,18,19,21). The molecule has 2 aromatic rings. The molecule has 0 amide bonds. The number of ether oxygens (including phenoxy) is 1. The second-order valence-electron chi connectivity index (χ2n) is 4.49.